The zero-order valence-corrected chi connectivity index (χ0v) is 16.3. The van der Waals surface area contributed by atoms with Crippen LogP contribution in [0.2, 0.25) is 0 Å². The molecule has 0 spiro atoms. The summed E-state index contributed by atoms with van der Waals surface area (Å²) < 4.78 is 3.20. The molecular weight excluding hydrogens is 432 g/mol. The highest BCUT2D eigenvalue weighted by molar-refractivity contribution is 9.10. The largest absolute Gasteiger partial charge is 0.334 e. The van der Waals surface area contributed by atoms with E-state index in [-0.39, 0.29) is 11.2 Å². The third-order valence-corrected chi connectivity index (χ3v) is 5.74. The molecule has 1 aliphatic heterocycles. The third-order valence-electron chi connectivity index (χ3n) is 4.17. The molecule has 0 radical (unpaired) electrons. The molecule has 9 heteroatoms. The Morgan fingerprint density at radius 3 is 2.52 bits per heavy atom. The number of anilines is 1. The number of rotatable bonds is 3. The molecule has 3 aromatic rings. The Morgan fingerprint density at radius 2 is 1.85 bits per heavy atom. The fourth-order valence-electron chi connectivity index (χ4n) is 2.77. The monoisotopic (exact) mass is 444 g/mol. The van der Waals surface area contributed by atoms with Gasteiger partial charge in [-0.3, -0.25) is 19.5 Å². The summed E-state index contributed by atoms with van der Waals surface area (Å²) in [6, 6.07) is 14.0. The standard InChI is InChI=1S/C18H13BrN4O3S/c19-13-3-7-14(8-4-13)21-10-20-18-22(11-21)17(24)16(27-18)9-12-1-5-15(6-2-12)23(25)26/h1-9H,10-11H2/b16-9-. The number of thiazole rings is 1. The molecule has 4 rings (SSSR count). The van der Waals surface area contributed by atoms with E-state index in [0.29, 0.717) is 22.7 Å². The molecule has 0 N–H and O–H groups in total. The van der Waals surface area contributed by atoms with Crippen molar-refractivity contribution in [1.29, 1.82) is 0 Å². The van der Waals surface area contributed by atoms with E-state index in [1.807, 2.05) is 29.2 Å². The molecule has 27 heavy (non-hydrogen) atoms. The van der Waals surface area contributed by atoms with Crippen LogP contribution in [0.1, 0.15) is 5.56 Å². The lowest BCUT2D eigenvalue weighted by Crippen LogP contribution is -2.42. The maximum absolute atomic E-state index is 12.8. The van der Waals surface area contributed by atoms with Gasteiger partial charge in [-0.15, -0.1) is 0 Å². The van der Waals surface area contributed by atoms with Crippen molar-refractivity contribution in [3.05, 3.63) is 88.4 Å². The molecule has 2 heterocycles. The maximum atomic E-state index is 12.8. The average molecular weight is 445 g/mol. The molecule has 0 bridgehead atoms. The lowest BCUT2D eigenvalue weighted by atomic mass is 10.2. The number of halogens is 1. The molecule has 0 aliphatic carbocycles. The number of nitro benzene ring substituents is 1. The SMILES string of the molecule is O=c1/c(=C/c2ccc([N+](=O)[O-])cc2)sc2n1CN(c1ccc(Br)cc1)CN=2. The van der Waals surface area contributed by atoms with Crippen LogP contribution in [0.25, 0.3) is 6.08 Å². The van der Waals surface area contributed by atoms with E-state index in [1.165, 1.54) is 23.5 Å². The van der Waals surface area contributed by atoms with Crippen molar-refractivity contribution in [2.45, 2.75) is 6.67 Å². The summed E-state index contributed by atoms with van der Waals surface area (Å²) in [4.78, 5) is 30.3. The van der Waals surface area contributed by atoms with Gasteiger partial charge in [0.25, 0.3) is 11.2 Å². The zero-order chi connectivity index (χ0) is 19.0. The Bertz CT molecular complexity index is 1180. The summed E-state index contributed by atoms with van der Waals surface area (Å²) in [6.07, 6.45) is 1.74. The topological polar surface area (TPSA) is 80.7 Å². The Balaban J connectivity index is 1.67. The maximum Gasteiger partial charge on any atom is 0.271 e. The fraction of sp³-hybridized carbons (Fsp3) is 0.111. The summed E-state index contributed by atoms with van der Waals surface area (Å²) in [5.74, 6) is 0. The minimum atomic E-state index is -0.446. The molecule has 0 amide bonds. The summed E-state index contributed by atoms with van der Waals surface area (Å²) >= 11 is 4.74. The number of hydrogen-bond donors (Lipinski definition) is 0. The second kappa shape index (κ2) is 7.09. The van der Waals surface area contributed by atoms with Gasteiger partial charge >= 0.3 is 0 Å². The molecule has 0 saturated heterocycles. The van der Waals surface area contributed by atoms with Gasteiger partial charge in [0.15, 0.2) is 4.80 Å². The van der Waals surface area contributed by atoms with E-state index in [2.05, 4.69) is 20.9 Å². The van der Waals surface area contributed by atoms with Crippen molar-refractivity contribution in [3.63, 3.8) is 0 Å². The van der Waals surface area contributed by atoms with Gasteiger partial charge in [0.1, 0.15) is 13.3 Å². The number of nitro groups is 1. The van der Waals surface area contributed by atoms with Crippen molar-refractivity contribution in [2.24, 2.45) is 4.99 Å². The molecule has 0 atom stereocenters. The molecule has 1 aliphatic rings. The molecule has 136 valence electrons. The number of fused-ring (bicyclic) bond motifs is 1. The Morgan fingerprint density at radius 1 is 1.15 bits per heavy atom. The summed E-state index contributed by atoms with van der Waals surface area (Å²) in [6.45, 7) is 0.919. The third kappa shape index (κ3) is 3.56. The average Bonchev–Trinajstić information content (AvgIpc) is 2.98. The van der Waals surface area contributed by atoms with Gasteiger partial charge in [0, 0.05) is 22.3 Å². The van der Waals surface area contributed by atoms with Crippen LogP contribution >= 0.6 is 27.3 Å². The van der Waals surface area contributed by atoms with Gasteiger partial charge in [-0.2, -0.15) is 0 Å². The van der Waals surface area contributed by atoms with E-state index in [1.54, 1.807) is 22.8 Å². The lowest BCUT2D eigenvalue weighted by molar-refractivity contribution is -0.384. The van der Waals surface area contributed by atoms with Crippen molar-refractivity contribution in [1.82, 2.24) is 4.57 Å². The lowest BCUT2D eigenvalue weighted by Gasteiger charge is -2.25. The zero-order valence-electron chi connectivity index (χ0n) is 13.9. The van der Waals surface area contributed by atoms with Crippen molar-refractivity contribution < 1.29 is 4.92 Å². The number of aromatic nitrogens is 1. The highest BCUT2D eigenvalue weighted by Gasteiger charge is 2.16. The normalized spacial score (nSPS) is 14.0. The van der Waals surface area contributed by atoms with Crippen LogP contribution in [-0.2, 0) is 6.67 Å². The number of non-ortho nitro benzene ring substituents is 1. The van der Waals surface area contributed by atoms with Crippen molar-refractivity contribution in [3.8, 4) is 0 Å². The summed E-state index contributed by atoms with van der Waals surface area (Å²) in [7, 11) is 0. The smallest absolute Gasteiger partial charge is 0.271 e. The van der Waals surface area contributed by atoms with Crippen LogP contribution in [0, 0.1) is 10.1 Å². The summed E-state index contributed by atoms with van der Waals surface area (Å²) in [5.41, 5.74) is 1.64. The van der Waals surface area contributed by atoms with Gasteiger partial charge in [-0.25, -0.2) is 4.99 Å². The van der Waals surface area contributed by atoms with Crippen LogP contribution in [0.4, 0.5) is 11.4 Å². The first kappa shape index (κ1) is 17.6. The molecular formula is C18H13BrN4O3S. The minimum Gasteiger partial charge on any atom is -0.334 e. The Labute approximate surface area is 165 Å². The highest BCUT2D eigenvalue weighted by atomic mass is 79.9. The van der Waals surface area contributed by atoms with Crippen LogP contribution in [-0.4, -0.2) is 16.2 Å². The van der Waals surface area contributed by atoms with E-state index in [4.69, 9.17) is 0 Å². The van der Waals surface area contributed by atoms with Gasteiger partial charge in [-0.05, 0) is 48.0 Å². The Hall–Kier alpha value is -2.78. The number of hydrogen-bond acceptors (Lipinski definition) is 6. The second-order valence-corrected chi connectivity index (χ2v) is 7.86. The highest BCUT2D eigenvalue weighted by Crippen LogP contribution is 2.19. The van der Waals surface area contributed by atoms with E-state index < -0.39 is 4.92 Å². The molecule has 0 saturated carbocycles. The number of benzene rings is 2. The molecule has 0 unspecified atom stereocenters. The molecule has 2 aromatic carbocycles. The summed E-state index contributed by atoms with van der Waals surface area (Å²) in [5, 5.41) is 10.7. The minimum absolute atomic E-state index is 0.0227. The first-order chi connectivity index (χ1) is 13.0. The first-order valence-electron chi connectivity index (χ1n) is 8.02. The number of nitrogens with zero attached hydrogens (tertiary/aromatic N) is 4. The quantitative estimate of drug-likeness (QED) is 0.458. The van der Waals surface area contributed by atoms with Crippen LogP contribution in [0.3, 0.4) is 0 Å². The first-order valence-corrected chi connectivity index (χ1v) is 9.63. The van der Waals surface area contributed by atoms with Crippen LogP contribution in [0.15, 0.2) is 62.8 Å². The van der Waals surface area contributed by atoms with Gasteiger partial charge in [0.2, 0.25) is 0 Å². The van der Waals surface area contributed by atoms with Gasteiger partial charge in [-0.1, -0.05) is 27.3 Å². The van der Waals surface area contributed by atoms with Crippen LogP contribution in [0.5, 0.6) is 0 Å². The molecule has 1 aromatic heterocycles. The fourth-order valence-corrected chi connectivity index (χ4v) is 4.00. The van der Waals surface area contributed by atoms with Crippen molar-refractivity contribution >= 4 is 44.7 Å². The van der Waals surface area contributed by atoms with Crippen molar-refractivity contribution in [2.75, 3.05) is 11.6 Å². The predicted octanol–water partition coefficient (Wildman–Crippen LogP) is 2.46. The van der Waals surface area contributed by atoms with Crippen LogP contribution < -0.4 is 19.8 Å². The Kier molecular flexibility index (Phi) is 4.63. The molecule has 7 nitrogen and oxygen atoms in total. The second-order valence-electron chi connectivity index (χ2n) is 5.93. The van der Waals surface area contributed by atoms with E-state index in [9.17, 15) is 14.9 Å². The van der Waals surface area contributed by atoms with E-state index >= 15 is 0 Å². The molecule has 0 fully saturated rings. The van der Waals surface area contributed by atoms with E-state index in [0.717, 1.165) is 15.7 Å². The predicted molar refractivity (Wildman–Crippen MR) is 108 cm³/mol. The van der Waals surface area contributed by atoms with Gasteiger partial charge < -0.3 is 4.90 Å². The van der Waals surface area contributed by atoms with Gasteiger partial charge in [0.05, 0.1) is 9.46 Å².